The van der Waals surface area contributed by atoms with Crippen molar-refractivity contribution in [2.24, 2.45) is 4.99 Å². The van der Waals surface area contributed by atoms with E-state index in [1.807, 2.05) is 0 Å². The fourth-order valence-corrected chi connectivity index (χ4v) is 3.75. The van der Waals surface area contributed by atoms with Crippen LogP contribution in [0.1, 0.15) is 25.3 Å². The Bertz CT molecular complexity index is 1040. The molecule has 1 aliphatic heterocycles. The van der Waals surface area contributed by atoms with E-state index in [4.69, 9.17) is 31.1 Å². The number of hydrogen-bond donors (Lipinski definition) is 3. The summed E-state index contributed by atoms with van der Waals surface area (Å²) >= 11 is 6.48. The van der Waals surface area contributed by atoms with E-state index < -0.39 is 17.9 Å². The first-order valence-corrected chi connectivity index (χ1v) is 10.9. The first-order valence-electron chi connectivity index (χ1n) is 10.5. The smallest absolute Gasteiger partial charge is 0.336 e. The number of rotatable bonds is 9. The van der Waals surface area contributed by atoms with E-state index in [1.165, 1.54) is 7.11 Å². The van der Waals surface area contributed by atoms with Crippen LogP contribution in [0, 0.1) is 11.5 Å². The van der Waals surface area contributed by atoms with Gasteiger partial charge in [-0.1, -0.05) is 29.8 Å². The third-order valence-corrected chi connectivity index (χ3v) is 5.29. The lowest BCUT2D eigenvalue weighted by atomic mass is 9.80. The molecular weight excluding hydrogens is 462 g/mol. The summed E-state index contributed by atoms with van der Waals surface area (Å²) < 4.78 is 16.1. The summed E-state index contributed by atoms with van der Waals surface area (Å²) in [4.78, 5) is 29.7. The van der Waals surface area contributed by atoms with Gasteiger partial charge in [0, 0.05) is 24.3 Å². The molecule has 0 aromatic heterocycles. The van der Waals surface area contributed by atoms with Crippen molar-refractivity contribution in [3.05, 3.63) is 57.4 Å². The Morgan fingerprint density at radius 2 is 2.00 bits per heavy atom. The van der Waals surface area contributed by atoms with E-state index in [9.17, 15) is 9.59 Å². The summed E-state index contributed by atoms with van der Waals surface area (Å²) in [5, 5.41) is 17.5. The van der Waals surface area contributed by atoms with Gasteiger partial charge in [-0.2, -0.15) is 5.26 Å². The number of nitriles is 1. The van der Waals surface area contributed by atoms with Crippen LogP contribution in [0.2, 0.25) is 5.02 Å². The lowest BCUT2D eigenvalue weighted by Gasteiger charge is -2.31. The topological polar surface area (TPSA) is 134 Å². The Kier molecular flexibility index (Phi) is 10.4. The number of halogens is 1. The molecule has 1 aromatic rings. The number of ether oxygens (including phenoxy) is 3. The molecule has 0 saturated heterocycles. The van der Waals surface area contributed by atoms with Crippen molar-refractivity contribution < 1.29 is 23.8 Å². The number of carbonyl (C=O) groups is 2. The second-order valence-corrected chi connectivity index (χ2v) is 7.42. The minimum absolute atomic E-state index is 0.0346. The van der Waals surface area contributed by atoms with Crippen molar-refractivity contribution >= 4 is 29.5 Å². The molecule has 0 saturated carbocycles. The highest BCUT2D eigenvalue weighted by molar-refractivity contribution is 6.31. The normalized spacial score (nSPS) is 15.9. The van der Waals surface area contributed by atoms with Crippen LogP contribution in [0.15, 0.2) is 51.8 Å². The molecular formula is C23H28ClN5O5. The van der Waals surface area contributed by atoms with Crippen LogP contribution >= 0.6 is 11.6 Å². The summed E-state index contributed by atoms with van der Waals surface area (Å²) in [5.41, 5.74) is 2.01. The number of nitrogens with one attached hydrogen (secondary N) is 3. The minimum Gasteiger partial charge on any atom is -0.466 e. The quantitative estimate of drug-likeness (QED) is 0.119. The lowest BCUT2D eigenvalue weighted by molar-refractivity contribution is -0.139. The first-order chi connectivity index (χ1) is 16.4. The molecule has 0 radical (unpaired) electrons. The molecule has 0 spiro atoms. The molecule has 0 amide bonds. The fourth-order valence-electron chi connectivity index (χ4n) is 3.51. The number of hydrogen-bond acceptors (Lipinski definition) is 8. The van der Waals surface area contributed by atoms with Gasteiger partial charge >= 0.3 is 11.9 Å². The Hall–Kier alpha value is -3.55. The molecule has 34 heavy (non-hydrogen) atoms. The van der Waals surface area contributed by atoms with Gasteiger partial charge in [0.1, 0.15) is 0 Å². The largest absolute Gasteiger partial charge is 0.466 e. The molecule has 1 atom stereocenters. The highest BCUT2D eigenvalue weighted by Crippen LogP contribution is 2.41. The number of carbonyl (C=O) groups excluding carboxylic acids is 2. The van der Waals surface area contributed by atoms with Crippen molar-refractivity contribution in [1.82, 2.24) is 16.0 Å². The van der Waals surface area contributed by atoms with Gasteiger partial charge in [-0.05, 0) is 25.5 Å². The van der Waals surface area contributed by atoms with Crippen LogP contribution in [0.5, 0.6) is 0 Å². The van der Waals surface area contributed by atoms with Crippen LogP contribution < -0.4 is 16.0 Å². The van der Waals surface area contributed by atoms with Crippen LogP contribution in [0.4, 0.5) is 0 Å². The Morgan fingerprint density at radius 1 is 1.26 bits per heavy atom. The molecule has 10 nitrogen and oxygen atoms in total. The van der Waals surface area contributed by atoms with Crippen molar-refractivity contribution in [3.8, 4) is 6.19 Å². The number of esters is 2. The predicted octanol–water partition coefficient (Wildman–Crippen LogP) is 1.95. The molecule has 1 aliphatic rings. The molecule has 2 rings (SSSR count). The number of aliphatic imine (C=N–C) groups is 1. The standard InChI is InChI=1S/C23H28ClN5O5/c1-5-34-22(31)20-17(12-33-11-10-27-23(26-3)28-13-25)29-14(2)18(21(30)32-4)19(20)15-8-6-7-9-16(15)24/h6-9,19,29H,5,10-12H2,1-4H3,(H2,26,27,28). The van der Waals surface area contributed by atoms with Gasteiger partial charge in [0.05, 0.1) is 49.7 Å². The molecule has 0 aliphatic carbocycles. The number of methoxy groups -OCH3 is 1. The third kappa shape index (κ3) is 6.50. The molecule has 0 bridgehead atoms. The monoisotopic (exact) mass is 489 g/mol. The van der Waals surface area contributed by atoms with Gasteiger partial charge in [0.25, 0.3) is 0 Å². The van der Waals surface area contributed by atoms with Gasteiger partial charge in [-0.15, -0.1) is 0 Å². The number of benzene rings is 1. The SMILES string of the molecule is CCOC(=O)C1=C(COCCNC(=NC)NC#N)NC(C)=C(C(=O)OC)C1c1ccccc1Cl. The van der Waals surface area contributed by atoms with Gasteiger partial charge in [-0.25, -0.2) is 9.59 Å². The average molecular weight is 490 g/mol. The molecule has 1 aromatic carbocycles. The van der Waals surface area contributed by atoms with Crippen LogP contribution in [0.3, 0.4) is 0 Å². The summed E-state index contributed by atoms with van der Waals surface area (Å²) in [6.07, 6.45) is 1.78. The molecule has 1 unspecified atom stereocenters. The highest BCUT2D eigenvalue weighted by atomic mass is 35.5. The van der Waals surface area contributed by atoms with E-state index in [-0.39, 0.29) is 31.0 Å². The van der Waals surface area contributed by atoms with E-state index in [1.54, 1.807) is 51.4 Å². The second-order valence-electron chi connectivity index (χ2n) is 7.01. The van der Waals surface area contributed by atoms with E-state index in [0.717, 1.165) is 0 Å². The van der Waals surface area contributed by atoms with Crippen LogP contribution in [-0.4, -0.2) is 58.4 Å². The van der Waals surface area contributed by atoms with Crippen molar-refractivity contribution in [3.63, 3.8) is 0 Å². The second kappa shape index (κ2) is 13.2. The van der Waals surface area contributed by atoms with E-state index >= 15 is 0 Å². The van der Waals surface area contributed by atoms with Gasteiger partial charge in [0.15, 0.2) is 6.19 Å². The van der Waals surface area contributed by atoms with Gasteiger partial charge < -0.3 is 24.8 Å². The lowest BCUT2D eigenvalue weighted by Crippen LogP contribution is -2.37. The first kappa shape index (κ1) is 26.7. The molecule has 11 heteroatoms. The maximum absolute atomic E-state index is 13.1. The van der Waals surface area contributed by atoms with Crippen LogP contribution in [0.25, 0.3) is 0 Å². The van der Waals surface area contributed by atoms with Crippen molar-refractivity contribution in [2.75, 3.05) is 40.5 Å². The van der Waals surface area contributed by atoms with E-state index in [0.29, 0.717) is 34.5 Å². The summed E-state index contributed by atoms with van der Waals surface area (Å²) in [5.74, 6) is -1.67. The zero-order valence-corrected chi connectivity index (χ0v) is 20.3. The minimum atomic E-state index is -0.808. The Balaban J connectivity index is 2.40. The predicted molar refractivity (Wildman–Crippen MR) is 127 cm³/mol. The van der Waals surface area contributed by atoms with Crippen molar-refractivity contribution in [2.45, 2.75) is 19.8 Å². The third-order valence-electron chi connectivity index (χ3n) is 4.94. The number of dihydropyridines is 1. The van der Waals surface area contributed by atoms with Gasteiger partial charge in [-0.3, -0.25) is 10.3 Å². The summed E-state index contributed by atoms with van der Waals surface area (Å²) in [6.45, 7) is 4.21. The molecule has 3 N–H and O–H groups in total. The number of nitrogens with zero attached hydrogens (tertiary/aromatic N) is 2. The van der Waals surface area contributed by atoms with Crippen molar-refractivity contribution in [1.29, 1.82) is 5.26 Å². The fraction of sp³-hybridized carbons (Fsp3) is 0.391. The average Bonchev–Trinajstić information content (AvgIpc) is 2.82. The number of allylic oxidation sites excluding steroid dienone is 1. The zero-order chi connectivity index (χ0) is 25.1. The molecule has 1 heterocycles. The van der Waals surface area contributed by atoms with Gasteiger partial charge in [0.2, 0.25) is 5.96 Å². The zero-order valence-electron chi connectivity index (χ0n) is 19.5. The van der Waals surface area contributed by atoms with Crippen LogP contribution in [-0.2, 0) is 23.8 Å². The molecule has 182 valence electrons. The highest BCUT2D eigenvalue weighted by Gasteiger charge is 2.39. The summed E-state index contributed by atoms with van der Waals surface area (Å²) in [6, 6.07) is 6.99. The molecule has 0 fully saturated rings. The maximum atomic E-state index is 13.1. The number of guanidine groups is 1. The van der Waals surface area contributed by atoms with E-state index in [2.05, 4.69) is 20.9 Å². The Labute approximate surface area is 203 Å². The summed E-state index contributed by atoms with van der Waals surface area (Å²) in [7, 11) is 2.82. The Morgan fingerprint density at radius 3 is 2.62 bits per heavy atom. The maximum Gasteiger partial charge on any atom is 0.336 e.